The number of piperazine rings is 2. The Hall–Kier alpha value is -5.68. The topological polar surface area (TPSA) is 92.8 Å². The first-order valence-electron chi connectivity index (χ1n) is 19.1. The number of rotatable bonds is 13. The van der Waals surface area contributed by atoms with Crippen molar-refractivity contribution in [3.05, 3.63) is 126 Å². The molecule has 55 heavy (non-hydrogen) atoms. The molecule has 1 aromatic heterocycles. The van der Waals surface area contributed by atoms with Gasteiger partial charge in [0.15, 0.2) is 0 Å². The fourth-order valence-electron chi connectivity index (χ4n) is 7.17. The number of benzene rings is 3. The maximum atomic E-state index is 14.7. The zero-order valence-electron chi connectivity index (χ0n) is 32.5. The van der Waals surface area contributed by atoms with Crippen LogP contribution in [0.5, 0.6) is 5.88 Å². The van der Waals surface area contributed by atoms with Gasteiger partial charge in [-0.15, -0.1) is 0 Å². The van der Waals surface area contributed by atoms with Gasteiger partial charge in [0, 0.05) is 123 Å². The molecule has 0 spiro atoms. The summed E-state index contributed by atoms with van der Waals surface area (Å²) in [6, 6.07) is 29.6. The third-order valence-electron chi connectivity index (χ3n) is 10.5. The molecule has 3 heterocycles. The smallest absolute Gasteiger partial charge is 0.247 e. The first-order valence-corrected chi connectivity index (χ1v) is 19.1. The summed E-state index contributed by atoms with van der Waals surface area (Å²) in [5.74, 6) is 0.288. The summed E-state index contributed by atoms with van der Waals surface area (Å²) in [5, 5.41) is 0. The fourth-order valence-corrected chi connectivity index (χ4v) is 7.17. The number of ether oxygens (including phenoxy) is 1. The van der Waals surface area contributed by atoms with Crippen molar-refractivity contribution in [2.45, 2.75) is 32.5 Å². The molecular weight excluding hydrogens is 691 g/mol. The Kier molecular flexibility index (Phi) is 13.2. The molecule has 11 nitrogen and oxygen atoms in total. The lowest BCUT2D eigenvalue weighted by Crippen LogP contribution is -2.56. The van der Waals surface area contributed by atoms with Gasteiger partial charge < -0.3 is 29.2 Å². The molecular formula is C44H53N7O4. The number of methoxy groups -OCH3 is 1. The van der Waals surface area contributed by atoms with Crippen LogP contribution in [0, 0.1) is 0 Å². The van der Waals surface area contributed by atoms with Gasteiger partial charge in [0.25, 0.3) is 0 Å². The molecule has 3 amide bonds. The van der Waals surface area contributed by atoms with Crippen molar-refractivity contribution in [1.82, 2.24) is 24.6 Å². The van der Waals surface area contributed by atoms with Gasteiger partial charge in [-0.2, -0.15) is 0 Å². The van der Waals surface area contributed by atoms with Crippen LogP contribution in [0.15, 0.2) is 103 Å². The molecule has 0 aliphatic carbocycles. The maximum Gasteiger partial charge on any atom is 0.247 e. The quantitative estimate of drug-likeness (QED) is 0.180. The first kappa shape index (κ1) is 39.0. The van der Waals surface area contributed by atoms with Gasteiger partial charge in [-0.25, -0.2) is 4.98 Å². The van der Waals surface area contributed by atoms with Crippen LogP contribution < -0.4 is 14.5 Å². The third kappa shape index (κ3) is 10.5. The lowest BCUT2D eigenvalue weighted by atomic mass is 10.0. The summed E-state index contributed by atoms with van der Waals surface area (Å²) in [6.07, 6.45) is 5.32. The normalized spacial score (nSPS) is 15.5. The van der Waals surface area contributed by atoms with E-state index < -0.39 is 6.04 Å². The van der Waals surface area contributed by atoms with E-state index in [0.29, 0.717) is 38.5 Å². The Labute approximate surface area is 325 Å². The van der Waals surface area contributed by atoms with Crippen LogP contribution >= 0.6 is 0 Å². The van der Waals surface area contributed by atoms with E-state index in [1.54, 1.807) is 37.3 Å². The Morgan fingerprint density at radius 2 is 1.42 bits per heavy atom. The second-order valence-corrected chi connectivity index (χ2v) is 14.5. The van der Waals surface area contributed by atoms with Crippen LogP contribution in [-0.2, 0) is 33.9 Å². The second-order valence-electron chi connectivity index (χ2n) is 14.5. The Balaban J connectivity index is 1.22. The van der Waals surface area contributed by atoms with Crippen molar-refractivity contribution < 1.29 is 19.1 Å². The number of amides is 3. The van der Waals surface area contributed by atoms with Crippen molar-refractivity contribution in [3.8, 4) is 5.88 Å². The lowest BCUT2D eigenvalue weighted by Gasteiger charge is -2.39. The summed E-state index contributed by atoms with van der Waals surface area (Å²) < 4.78 is 5.21. The molecule has 1 unspecified atom stereocenters. The van der Waals surface area contributed by atoms with Gasteiger partial charge in [-0.1, -0.05) is 54.6 Å². The predicted octanol–water partition coefficient (Wildman–Crippen LogP) is 4.82. The van der Waals surface area contributed by atoms with Gasteiger partial charge in [-0.3, -0.25) is 19.3 Å². The standard InChI is InChI=1S/C44H53N7O4/c1-34(52)48-26-28-49(29-27-48)40-18-12-38(13-19-40)33-51(43(53)21-15-36-14-20-42(55-4)45-31-36)41(30-35-8-6-5-7-9-35)44(54)50-24-22-47(23-25-50)32-37-10-16-39(17-11-37)46(2)3/h5-21,31,41H,22-30,32-33H2,1-4H3. The van der Waals surface area contributed by atoms with E-state index in [1.807, 2.05) is 72.4 Å². The SMILES string of the molecule is COc1ccc(C=CC(=O)N(Cc2ccc(N3CCN(C(C)=O)CC3)cc2)C(Cc2ccccc2)C(=O)N2CCN(Cc3ccc(N(C)C)cc3)CC2)cn1. The van der Waals surface area contributed by atoms with Gasteiger partial charge in [0.2, 0.25) is 23.6 Å². The zero-order valence-corrected chi connectivity index (χ0v) is 32.5. The summed E-state index contributed by atoms with van der Waals surface area (Å²) in [5.41, 5.74) is 6.14. The molecule has 11 heteroatoms. The molecule has 0 saturated carbocycles. The predicted molar refractivity (Wildman–Crippen MR) is 218 cm³/mol. The molecule has 3 aromatic carbocycles. The zero-order chi connectivity index (χ0) is 38.7. The molecule has 2 aliphatic rings. The number of hydrogen-bond donors (Lipinski definition) is 0. The highest BCUT2D eigenvalue weighted by atomic mass is 16.5. The molecule has 1 atom stereocenters. The molecule has 0 bridgehead atoms. The number of pyridine rings is 1. The van der Waals surface area contributed by atoms with E-state index in [4.69, 9.17) is 4.74 Å². The summed E-state index contributed by atoms with van der Waals surface area (Å²) in [4.78, 5) is 57.5. The lowest BCUT2D eigenvalue weighted by molar-refractivity contribution is -0.145. The van der Waals surface area contributed by atoms with Crippen LogP contribution in [0.25, 0.3) is 6.08 Å². The number of anilines is 2. The van der Waals surface area contributed by atoms with E-state index in [9.17, 15) is 14.4 Å². The van der Waals surface area contributed by atoms with Crippen LogP contribution in [0.2, 0.25) is 0 Å². The van der Waals surface area contributed by atoms with Gasteiger partial charge in [0.05, 0.1) is 7.11 Å². The van der Waals surface area contributed by atoms with Crippen molar-refractivity contribution >= 4 is 35.2 Å². The van der Waals surface area contributed by atoms with Crippen LogP contribution in [0.3, 0.4) is 0 Å². The maximum absolute atomic E-state index is 14.7. The van der Waals surface area contributed by atoms with E-state index in [2.05, 4.69) is 56.1 Å². The minimum absolute atomic E-state index is 0.0494. The van der Waals surface area contributed by atoms with Crippen LogP contribution in [0.4, 0.5) is 11.4 Å². The molecule has 288 valence electrons. The highest BCUT2D eigenvalue weighted by Gasteiger charge is 2.34. The monoisotopic (exact) mass is 743 g/mol. The molecule has 2 aliphatic heterocycles. The number of carbonyl (C=O) groups is 3. The molecule has 2 fully saturated rings. The molecule has 0 radical (unpaired) electrons. The second kappa shape index (κ2) is 18.6. The van der Waals surface area contributed by atoms with Crippen LogP contribution in [-0.4, -0.2) is 122 Å². The third-order valence-corrected chi connectivity index (χ3v) is 10.5. The Morgan fingerprint density at radius 3 is 2.02 bits per heavy atom. The molecule has 4 aromatic rings. The minimum atomic E-state index is -0.724. The number of carbonyl (C=O) groups excluding carboxylic acids is 3. The number of nitrogens with zero attached hydrogens (tertiary/aromatic N) is 7. The van der Waals surface area contributed by atoms with Gasteiger partial charge in [0.1, 0.15) is 6.04 Å². The van der Waals surface area contributed by atoms with Crippen molar-refractivity contribution in [2.24, 2.45) is 0 Å². The minimum Gasteiger partial charge on any atom is -0.481 e. The van der Waals surface area contributed by atoms with E-state index in [-0.39, 0.29) is 24.3 Å². The van der Waals surface area contributed by atoms with Gasteiger partial charge >= 0.3 is 0 Å². The summed E-state index contributed by atoms with van der Waals surface area (Å²) in [6.45, 7) is 8.27. The van der Waals surface area contributed by atoms with Crippen molar-refractivity contribution in [1.29, 1.82) is 0 Å². The van der Waals surface area contributed by atoms with Crippen LogP contribution in [0.1, 0.15) is 29.2 Å². The fraction of sp³-hybridized carbons (Fsp3) is 0.364. The number of aromatic nitrogens is 1. The Morgan fingerprint density at radius 1 is 0.764 bits per heavy atom. The van der Waals surface area contributed by atoms with E-state index in [0.717, 1.165) is 55.1 Å². The van der Waals surface area contributed by atoms with E-state index >= 15 is 0 Å². The summed E-state index contributed by atoms with van der Waals surface area (Å²) in [7, 11) is 5.64. The van der Waals surface area contributed by atoms with Crippen molar-refractivity contribution in [2.75, 3.05) is 83.4 Å². The highest BCUT2D eigenvalue weighted by molar-refractivity contribution is 5.95. The average molecular weight is 744 g/mol. The Bertz CT molecular complexity index is 1880. The van der Waals surface area contributed by atoms with E-state index in [1.165, 1.54) is 17.3 Å². The molecule has 0 N–H and O–H groups in total. The molecule has 2 saturated heterocycles. The van der Waals surface area contributed by atoms with Crippen molar-refractivity contribution in [3.63, 3.8) is 0 Å². The average Bonchev–Trinajstić information content (AvgIpc) is 3.22. The molecule has 6 rings (SSSR count). The largest absolute Gasteiger partial charge is 0.481 e. The summed E-state index contributed by atoms with van der Waals surface area (Å²) >= 11 is 0. The first-order chi connectivity index (χ1) is 26.7. The highest BCUT2D eigenvalue weighted by Crippen LogP contribution is 2.23. The van der Waals surface area contributed by atoms with Gasteiger partial charge in [-0.05, 0) is 58.7 Å². The number of hydrogen-bond acceptors (Lipinski definition) is 8.